The summed E-state index contributed by atoms with van der Waals surface area (Å²) in [5.41, 5.74) is 1.00. The molecule has 1 N–H and O–H groups in total. The van der Waals surface area contributed by atoms with Crippen molar-refractivity contribution in [3.63, 3.8) is 0 Å². The number of amides is 3. The van der Waals surface area contributed by atoms with E-state index < -0.39 is 17.9 Å². The van der Waals surface area contributed by atoms with Crippen molar-refractivity contribution < 1.29 is 14.4 Å². The molecule has 0 bridgehead atoms. The molecule has 1 aliphatic heterocycles. The number of rotatable bonds is 3. The maximum atomic E-state index is 12.1. The first-order valence-corrected chi connectivity index (χ1v) is 6.10. The van der Waals surface area contributed by atoms with E-state index in [0.717, 1.165) is 5.56 Å². The minimum Gasteiger partial charge on any atom is -0.322 e. The van der Waals surface area contributed by atoms with Crippen molar-refractivity contribution in [1.29, 1.82) is 0 Å². The summed E-state index contributed by atoms with van der Waals surface area (Å²) in [7, 11) is 0. The molecule has 1 saturated heterocycles. The smallest absolute Gasteiger partial charge is 0.249 e. The molecule has 1 atom stereocenters. The molecule has 100 valence electrons. The van der Waals surface area contributed by atoms with E-state index in [0.29, 0.717) is 6.42 Å². The van der Waals surface area contributed by atoms with Crippen molar-refractivity contribution in [2.24, 2.45) is 0 Å². The van der Waals surface area contributed by atoms with Crippen LogP contribution in [0.25, 0.3) is 0 Å². The van der Waals surface area contributed by atoms with Gasteiger partial charge >= 0.3 is 0 Å². The fourth-order valence-corrected chi connectivity index (χ4v) is 1.96. The zero-order valence-electron chi connectivity index (χ0n) is 10.6. The number of nitrogens with one attached hydrogen (secondary N) is 1. The van der Waals surface area contributed by atoms with Gasteiger partial charge in [0, 0.05) is 18.8 Å². The monoisotopic (exact) mass is 261 g/mol. The van der Waals surface area contributed by atoms with Gasteiger partial charge in [0.15, 0.2) is 0 Å². The summed E-state index contributed by atoms with van der Waals surface area (Å²) in [4.78, 5) is 40.0. The van der Waals surface area contributed by atoms with Crippen LogP contribution >= 0.6 is 0 Å². The van der Waals surface area contributed by atoms with E-state index in [1.54, 1.807) is 19.3 Å². The minimum absolute atomic E-state index is 0.0535. The van der Waals surface area contributed by atoms with Gasteiger partial charge in [-0.3, -0.25) is 24.7 Å². The first-order chi connectivity index (χ1) is 9.08. The van der Waals surface area contributed by atoms with Crippen LogP contribution in [0.1, 0.15) is 18.9 Å². The summed E-state index contributed by atoms with van der Waals surface area (Å²) >= 11 is 0. The number of nitrogens with zero attached hydrogens (tertiary/aromatic N) is 2. The number of hydrogen-bond donors (Lipinski definition) is 1. The van der Waals surface area contributed by atoms with Crippen molar-refractivity contribution in [2.45, 2.75) is 25.8 Å². The Morgan fingerprint density at radius 3 is 2.79 bits per heavy atom. The number of aromatic nitrogens is 1. The Balaban J connectivity index is 1.95. The average Bonchev–Trinajstić information content (AvgIpc) is 2.41. The lowest BCUT2D eigenvalue weighted by molar-refractivity contribution is -0.149. The Hall–Kier alpha value is -2.24. The fraction of sp³-hybridized carbons (Fsp3) is 0.385. The van der Waals surface area contributed by atoms with Gasteiger partial charge < -0.3 is 4.90 Å². The molecule has 0 spiro atoms. The van der Waals surface area contributed by atoms with E-state index in [1.165, 1.54) is 4.90 Å². The van der Waals surface area contributed by atoms with Crippen LogP contribution in [0.15, 0.2) is 24.5 Å². The summed E-state index contributed by atoms with van der Waals surface area (Å²) in [6.45, 7) is 1.56. The van der Waals surface area contributed by atoms with Crippen LogP contribution in [-0.4, -0.2) is 40.2 Å². The number of carbonyl (C=O) groups is 3. The molecule has 1 fully saturated rings. The molecule has 6 heteroatoms. The number of carbonyl (C=O) groups excluding carboxylic acids is 3. The maximum absolute atomic E-state index is 12.1. The highest BCUT2D eigenvalue weighted by atomic mass is 16.2. The van der Waals surface area contributed by atoms with Crippen LogP contribution in [0.3, 0.4) is 0 Å². The molecule has 3 amide bonds. The predicted octanol–water partition coefficient (Wildman–Crippen LogP) is -0.112. The standard InChI is InChI=1S/C13H15N3O3/c1-9-13(19)15-11(17)8-16(9)12(18)3-2-10-4-6-14-7-5-10/h4-7,9H,2-3,8H2,1H3,(H,15,17,19). The summed E-state index contributed by atoms with van der Waals surface area (Å²) in [6, 6.07) is 3.08. The van der Waals surface area contributed by atoms with Gasteiger partial charge in [-0.2, -0.15) is 0 Å². The molecule has 1 aromatic rings. The topological polar surface area (TPSA) is 79.4 Å². The van der Waals surface area contributed by atoms with Crippen molar-refractivity contribution in [2.75, 3.05) is 6.54 Å². The van der Waals surface area contributed by atoms with Gasteiger partial charge in [-0.05, 0) is 31.0 Å². The fourth-order valence-electron chi connectivity index (χ4n) is 1.96. The van der Waals surface area contributed by atoms with Crippen molar-refractivity contribution >= 4 is 17.7 Å². The first kappa shape index (κ1) is 13.2. The Labute approximate surface area is 110 Å². The Morgan fingerprint density at radius 2 is 2.11 bits per heavy atom. The molecular formula is C13H15N3O3. The number of aryl methyl sites for hydroxylation is 1. The summed E-state index contributed by atoms with van der Waals surface area (Å²) in [5, 5.41) is 2.21. The maximum Gasteiger partial charge on any atom is 0.249 e. The Morgan fingerprint density at radius 1 is 1.42 bits per heavy atom. The molecule has 6 nitrogen and oxygen atoms in total. The highest BCUT2D eigenvalue weighted by molar-refractivity contribution is 6.04. The van der Waals surface area contributed by atoms with E-state index >= 15 is 0 Å². The molecular weight excluding hydrogens is 246 g/mol. The summed E-state index contributed by atoms with van der Waals surface area (Å²) in [6.07, 6.45) is 4.18. The molecule has 1 aliphatic rings. The zero-order valence-corrected chi connectivity index (χ0v) is 10.6. The van der Waals surface area contributed by atoms with Gasteiger partial charge in [-0.1, -0.05) is 0 Å². The lowest BCUT2D eigenvalue weighted by atomic mass is 10.1. The second kappa shape index (κ2) is 5.60. The lowest BCUT2D eigenvalue weighted by Crippen LogP contribution is -2.58. The molecule has 0 aliphatic carbocycles. The minimum atomic E-state index is -0.595. The third kappa shape index (κ3) is 3.15. The van der Waals surface area contributed by atoms with Crippen LogP contribution in [0.4, 0.5) is 0 Å². The summed E-state index contributed by atoms with van der Waals surface area (Å²) < 4.78 is 0. The normalized spacial score (nSPS) is 19.2. The van der Waals surface area contributed by atoms with Crippen LogP contribution in [0.2, 0.25) is 0 Å². The number of imide groups is 1. The van der Waals surface area contributed by atoms with Gasteiger partial charge in [-0.25, -0.2) is 0 Å². The molecule has 0 saturated carbocycles. The Bertz CT molecular complexity index is 501. The quantitative estimate of drug-likeness (QED) is 0.770. The molecule has 0 aromatic carbocycles. The first-order valence-electron chi connectivity index (χ1n) is 6.10. The second-order valence-electron chi connectivity index (χ2n) is 4.47. The predicted molar refractivity (Wildman–Crippen MR) is 66.9 cm³/mol. The molecule has 19 heavy (non-hydrogen) atoms. The van der Waals surface area contributed by atoms with Crippen LogP contribution in [0.5, 0.6) is 0 Å². The highest BCUT2D eigenvalue weighted by Crippen LogP contribution is 2.09. The third-order valence-corrected chi connectivity index (χ3v) is 3.12. The Kier molecular flexibility index (Phi) is 3.89. The van der Waals surface area contributed by atoms with Crippen LogP contribution < -0.4 is 5.32 Å². The van der Waals surface area contributed by atoms with Gasteiger partial charge in [0.1, 0.15) is 12.6 Å². The SMILES string of the molecule is CC1C(=O)NC(=O)CN1C(=O)CCc1ccncc1. The van der Waals surface area contributed by atoms with E-state index in [2.05, 4.69) is 10.3 Å². The van der Waals surface area contributed by atoms with Gasteiger partial charge in [0.05, 0.1) is 0 Å². The van der Waals surface area contributed by atoms with E-state index in [4.69, 9.17) is 0 Å². The van der Waals surface area contributed by atoms with E-state index in [-0.39, 0.29) is 18.9 Å². The highest BCUT2D eigenvalue weighted by Gasteiger charge is 2.32. The van der Waals surface area contributed by atoms with Crippen LogP contribution in [0, 0.1) is 0 Å². The van der Waals surface area contributed by atoms with Crippen LogP contribution in [-0.2, 0) is 20.8 Å². The zero-order chi connectivity index (χ0) is 13.8. The van der Waals surface area contributed by atoms with Crippen molar-refractivity contribution in [3.8, 4) is 0 Å². The van der Waals surface area contributed by atoms with Crippen molar-refractivity contribution in [1.82, 2.24) is 15.2 Å². The number of hydrogen-bond acceptors (Lipinski definition) is 4. The van der Waals surface area contributed by atoms with E-state index in [1.807, 2.05) is 12.1 Å². The number of pyridine rings is 1. The molecule has 2 heterocycles. The lowest BCUT2D eigenvalue weighted by Gasteiger charge is -2.31. The third-order valence-electron chi connectivity index (χ3n) is 3.12. The summed E-state index contributed by atoms with van der Waals surface area (Å²) in [5.74, 6) is -1.04. The van der Waals surface area contributed by atoms with Crippen molar-refractivity contribution in [3.05, 3.63) is 30.1 Å². The largest absolute Gasteiger partial charge is 0.322 e. The van der Waals surface area contributed by atoms with Gasteiger partial charge in [0.2, 0.25) is 17.7 Å². The molecule has 0 radical (unpaired) electrons. The average molecular weight is 261 g/mol. The molecule has 2 rings (SSSR count). The molecule has 1 unspecified atom stereocenters. The second-order valence-corrected chi connectivity index (χ2v) is 4.47. The van der Waals surface area contributed by atoms with Gasteiger partial charge in [0.25, 0.3) is 0 Å². The number of piperazine rings is 1. The van der Waals surface area contributed by atoms with Gasteiger partial charge in [-0.15, -0.1) is 0 Å². The molecule has 1 aromatic heterocycles. The van der Waals surface area contributed by atoms with E-state index in [9.17, 15) is 14.4 Å².